The maximum absolute atomic E-state index is 14.0. The fraction of sp³-hybridized carbons (Fsp3) is 0.458. The number of nitrogens with zero attached hydrogens (tertiary/aromatic N) is 1. The zero-order valence-corrected chi connectivity index (χ0v) is 17.4. The van der Waals surface area contributed by atoms with Gasteiger partial charge in [-0.2, -0.15) is 0 Å². The van der Waals surface area contributed by atoms with Crippen molar-refractivity contribution in [3.05, 3.63) is 58.4 Å². The van der Waals surface area contributed by atoms with Gasteiger partial charge in [0.15, 0.2) is 11.6 Å². The van der Waals surface area contributed by atoms with Crippen LogP contribution in [-0.2, 0) is 6.42 Å². The van der Waals surface area contributed by atoms with E-state index >= 15 is 0 Å². The summed E-state index contributed by atoms with van der Waals surface area (Å²) in [6.07, 6.45) is 7.10. The second-order valence-corrected chi connectivity index (χ2v) is 7.63. The number of halogens is 2. The van der Waals surface area contributed by atoms with Gasteiger partial charge in [-0.15, -0.1) is 0 Å². The average molecular weight is 372 g/mol. The van der Waals surface area contributed by atoms with Crippen LogP contribution in [0.15, 0.2) is 24.3 Å². The van der Waals surface area contributed by atoms with Crippen LogP contribution >= 0.6 is 0 Å². The van der Waals surface area contributed by atoms with Gasteiger partial charge >= 0.3 is 0 Å². The summed E-state index contributed by atoms with van der Waals surface area (Å²) in [5.74, 6) is -1.14. The molecule has 1 aromatic heterocycles. The Bertz CT molecular complexity index is 820. The molecule has 0 spiro atoms. The lowest BCUT2D eigenvalue weighted by molar-refractivity contribution is 0.509. The third-order valence-corrected chi connectivity index (χ3v) is 4.79. The molecule has 0 amide bonds. The molecule has 0 bridgehead atoms. The summed E-state index contributed by atoms with van der Waals surface area (Å²) in [7, 11) is 0. The monoisotopic (exact) mass is 371 g/mol. The molecule has 0 aliphatic carbocycles. The number of hydrogen-bond acceptors (Lipinski definition) is 1. The van der Waals surface area contributed by atoms with Crippen LogP contribution in [0.3, 0.4) is 0 Å². The van der Waals surface area contributed by atoms with Gasteiger partial charge < -0.3 is 0 Å². The van der Waals surface area contributed by atoms with Crippen LogP contribution in [0.5, 0.6) is 0 Å². The van der Waals surface area contributed by atoms with E-state index in [4.69, 9.17) is 4.98 Å². The van der Waals surface area contributed by atoms with Gasteiger partial charge in [0.05, 0.1) is 5.69 Å². The van der Waals surface area contributed by atoms with Crippen molar-refractivity contribution in [1.82, 2.24) is 4.98 Å². The van der Waals surface area contributed by atoms with E-state index in [-0.39, 0.29) is 11.8 Å². The second-order valence-electron chi connectivity index (χ2n) is 7.63. The van der Waals surface area contributed by atoms with Gasteiger partial charge in [0.2, 0.25) is 0 Å². The Morgan fingerprint density at radius 3 is 2.15 bits per heavy atom. The van der Waals surface area contributed by atoms with E-state index in [9.17, 15) is 8.78 Å². The molecule has 146 valence electrons. The zero-order chi connectivity index (χ0) is 20.1. The molecule has 0 unspecified atom stereocenters. The highest BCUT2D eigenvalue weighted by Crippen LogP contribution is 2.38. The fourth-order valence-electron chi connectivity index (χ4n) is 3.47. The molecule has 1 heterocycles. The van der Waals surface area contributed by atoms with Crippen LogP contribution in [0.25, 0.3) is 17.2 Å². The first kappa shape index (κ1) is 21.3. The summed E-state index contributed by atoms with van der Waals surface area (Å²) in [5, 5.41) is 0. The Morgan fingerprint density at radius 2 is 1.63 bits per heavy atom. The van der Waals surface area contributed by atoms with Gasteiger partial charge in [-0.25, -0.2) is 8.78 Å². The van der Waals surface area contributed by atoms with Crippen LogP contribution < -0.4 is 0 Å². The molecule has 27 heavy (non-hydrogen) atoms. The lowest BCUT2D eigenvalue weighted by atomic mass is 9.86. The summed E-state index contributed by atoms with van der Waals surface area (Å²) >= 11 is 0. The van der Waals surface area contributed by atoms with E-state index in [1.54, 1.807) is 6.07 Å². The van der Waals surface area contributed by atoms with Gasteiger partial charge in [-0.3, -0.25) is 4.98 Å². The maximum atomic E-state index is 14.0. The summed E-state index contributed by atoms with van der Waals surface area (Å²) in [6, 6.07) is 4.21. The SMILES string of the molecule is CCCC=Cc1c(C(C)C)nc(C(C)C)c(CC)c1-c1ccc(F)c(F)c1. The molecule has 0 aliphatic rings. The Labute approximate surface area is 162 Å². The lowest BCUT2D eigenvalue weighted by Crippen LogP contribution is -2.10. The van der Waals surface area contributed by atoms with E-state index in [0.29, 0.717) is 5.56 Å². The van der Waals surface area contributed by atoms with E-state index < -0.39 is 11.6 Å². The normalized spacial score (nSPS) is 11.9. The highest BCUT2D eigenvalue weighted by molar-refractivity contribution is 5.80. The Balaban J connectivity index is 2.91. The molecule has 0 saturated carbocycles. The van der Waals surface area contributed by atoms with Crippen molar-refractivity contribution < 1.29 is 8.78 Å². The van der Waals surface area contributed by atoms with Crippen molar-refractivity contribution in [3.63, 3.8) is 0 Å². The first-order valence-corrected chi connectivity index (χ1v) is 10.00. The molecule has 2 rings (SSSR count). The highest BCUT2D eigenvalue weighted by Gasteiger charge is 2.22. The second kappa shape index (κ2) is 9.25. The van der Waals surface area contributed by atoms with Crippen LogP contribution in [0, 0.1) is 11.6 Å². The summed E-state index contributed by atoms with van der Waals surface area (Å²) in [4.78, 5) is 5.03. The van der Waals surface area contributed by atoms with Crippen LogP contribution in [-0.4, -0.2) is 4.98 Å². The van der Waals surface area contributed by atoms with Crippen LogP contribution in [0.1, 0.15) is 88.7 Å². The number of benzene rings is 1. The van der Waals surface area contributed by atoms with Crippen molar-refractivity contribution in [1.29, 1.82) is 0 Å². The van der Waals surface area contributed by atoms with Crippen LogP contribution in [0.2, 0.25) is 0 Å². The number of allylic oxidation sites excluding steroid dienone is 1. The number of rotatable bonds is 7. The molecule has 0 saturated heterocycles. The minimum Gasteiger partial charge on any atom is -0.256 e. The predicted octanol–water partition coefficient (Wildman–Crippen LogP) is 7.65. The zero-order valence-electron chi connectivity index (χ0n) is 17.4. The van der Waals surface area contributed by atoms with Crippen molar-refractivity contribution in [3.8, 4) is 11.1 Å². The largest absolute Gasteiger partial charge is 0.256 e. The lowest BCUT2D eigenvalue weighted by Gasteiger charge is -2.23. The molecule has 2 aromatic rings. The van der Waals surface area contributed by atoms with Gasteiger partial charge in [0, 0.05) is 11.3 Å². The summed E-state index contributed by atoms with van der Waals surface area (Å²) < 4.78 is 27.6. The van der Waals surface area contributed by atoms with E-state index in [2.05, 4.69) is 53.7 Å². The molecule has 3 heteroatoms. The molecule has 0 radical (unpaired) electrons. The van der Waals surface area contributed by atoms with E-state index in [1.165, 1.54) is 12.1 Å². The number of pyridine rings is 1. The molecular weight excluding hydrogens is 340 g/mol. The summed E-state index contributed by atoms with van der Waals surface area (Å²) in [6.45, 7) is 12.8. The van der Waals surface area contributed by atoms with Gasteiger partial charge in [-0.05, 0) is 53.5 Å². The maximum Gasteiger partial charge on any atom is 0.159 e. The van der Waals surface area contributed by atoms with E-state index in [0.717, 1.165) is 47.3 Å². The van der Waals surface area contributed by atoms with Crippen molar-refractivity contribution in [2.45, 2.75) is 72.6 Å². The topological polar surface area (TPSA) is 12.9 Å². The highest BCUT2D eigenvalue weighted by atomic mass is 19.2. The van der Waals surface area contributed by atoms with Gasteiger partial charge in [-0.1, -0.05) is 66.2 Å². The minimum atomic E-state index is -0.818. The van der Waals surface area contributed by atoms with Crippen molar-refractivity contribution in [2.75, 3.05) is 0 Å². The third kappa shape index (κ3) is 4.63. The third-order valence-electron chi connectivity index (χ3n) is 4.79. The van der Waals surface area contributed by atoms with Crippen molar-refractivity contribution in [2.24, 2.45) is 0 Å². The van der Waals surface area contributed by atoms with E-state index in [1.807, 2.05) is 0 Å². The standard InChI is InChI=1S/C24H31F2N/c1-7-9-10-11-19-22(17-12-13-20(25)21(26)14-17)18(8-2)23(15(3)4)27-24(19)16(5)6/h10-16H,7-9H2,1-6H3. The number of unbranched alkanes of at least 4 members (excludes halogenated alkanes) is 1. The molecule has 0 atom stereocenters. The number of hydrogen-bond donors (Lipinski definition) is 0. The molecule has 0 fully saturated rings. The Morgan fingerprint density at radius 1 is 0.963 bits per heavy atom. The predicted molar refractivity (Wildman–Crippen MR) is 111 cm³/mol. The number of aromatic nitrogens is 1. The van der Waals surface area contributed by atoms with Gasteiger partial charge in [0.25, 0.3) is 0 Å². The summed E-state index contributed by atoms with van der Waals surface area (Å²) in [5.41, 5.74) is 5.93. The quantitative estimate of drug-likeness (QED) is 0.487. The minimum absolute atomic E-state index is 0.235. The molecule has 0 N–H and O–H groups in total. The smallest absolute Gasteiger partial charge is 0.159 e. The van der Waals surface area contributed by atoms with Gasteiger partial charge in [0.1, 0.15) is 0 Å². The molecule has 0 aliphatic heterocycles. The Hall–Kier alpha value is -2.03. The molecule has 1 aromatic carbocycles. The first-order valence-electron chi connectivity index (χ1n) is 10.00. The fourth-order valence-corrected chi connectivity index (χ4v) is 3.47. The van der Waals surface area contributed by atoms with Crippen LogP contribution in [0.4, 0.5) is 8.78 Å². The molecular formula is C24H31F2N. The average Bonchev–Trinajstić information content (AvgIpc) is 2.62. The molecule has 1 nitrogen and oxygen atoms in total. The van der Waals surface area contributed by atoms with Crippen molar-refractivity contribution >= 4 is 6.08 Å². The Kier molecular flexibility index (Phi) is 7.29. The first-order chi connectivity index (χ1) is 12.8.